The van der Waals surface area contributed by atoms with Crippen molar-refractivity contribution in [1.29, 1.82) is 0 Å². The molecule has 3 aromatic rings. The topological polar surface area (TPSA) is 80.0 Å². The maximum atomic E-state index is 12.2. The molecule has 0 radical (unpaired) electrons. The number of hydrogen-bond donors (Lipinski definition) is 2. The molecule has 24 heavy (non-hydrogen) atoms. The van der Waals surface area contributed by atoms with Crippen molar-refractivity contribution in [3.63, 3.8) is 0 Å². The molecule has 0 aliphatic rings. The van der Waals surface area contributed by atoms with E-state index >= 15 is 0 Å². The SMILES string of the molecule is Cc1ccccc1NC(=O)c1ncn(C[C@H](O)c2ccccc2)n1. The molecule has 1 aromatic heterocycles. The predicted octanol–water partition coefficient (Wildman–Crippen LogP) is 2.57. The first kappa shape index (κ1) is 15.9. The average molecular weight is 322 g/mol. The molecule has 0 aliphatic carbocycles. The van der Waals surface area contributed by atoms with Crippen LogP contribution in [0.15, 0.2) is 60.9 Å². The van der Waals surface area contributed by atoms with E-state index in [0.29, 0.717) is 0 Å². The molecule has 0 saturated heterocycles. The van der Waals surface area contributed by atoms with Gasteiger partial charge < -0.3 is 10.4 Å². The summed E-state index contributed by atoms with van der Waals surface area (Å²) < 4.78 is 1.46. The number of para-hydroxylation sites is 1. The maximum Gasteiger partial charge on any atom is 0.295 e. The van der Waals surface area contributed by atoms with Crippen LogP contribution in [0.25, 0.3) is 0 Å². The van der Waals surface area contributed by atoms with Crippen molar-refractivity contribution >= 4 is 11.6 Å². The van der Waals surface area contributed by atoms with Crippen LogP contribution < -0.4 is 5.32 Å². The van der Waals surface area contributed by atoms with Crippen LogP contribution in [0.3, 0.4) is 0 Å². The second-order valence-corrected chi connectivity index (χ2v) is 5.49. The first-order valence-corrected chi connectivity index (χ1v) is 7.63. The molecular formula is C18H18N4O2. The van der Waals surface area contributed by atoms with E-state index in [1.165, 1.54) is 11.0 Å². The highest BCUT2D eigenvalue weighted by atomic mass is 16.3. The number of aryl methyl sites for hydroxylation is 1. The number of rotatable bonds is 5. The molecule has 0 spiro atoms. The summed E-state index contributed by atoms with van der Waals surface area (Å²) >= 11 is 0. The summed E-state index contributed by atoms with van der Waals surface area (Å²) in [5.74, 6) is -0.309. The van der Waals surface area contributed by atoms with Gasteiger partial charge >= 0.3 is 0 Å². The van der Waals surface area contributed by atoms with Crippen molar-refractivity contribution in [2.24, 2.45) is 0 Å². The van der Waals surface area contributed by atoms with Gasteiger partial charge in [0.15, 0.2) is 0 Å². The van der Waals surface area contributed by atoms with Crippen molar-refractivity contribution in [3.8, 4) is 0 Å². The van der Waals surface area contributed by atoms with Crippen LogP contribution in [-0.2, 0) is 6.54 Å². The summed E-state index contributed by atoms with van der Waals surface area (Å²) in [5.41, 5.74) is 2.48. The van der Waals surface area contributed by atoms with E-state index in [2.05, 4.69) is 15.4 Å². The van der Waals surface area contributed by atoms with Crippen LogP contribution >= 0.6 is 0 Å². The fraction of sp³-hybridized carbons (Fsp3) is 0.167. The van der Waals surface area contributed by atoms with Gasteiger partial charge in [-0.1, -0.05) is 48.5 Å². The maximum absolute atomic E-state index is 12.2. The zero-order valence-corrected chi connectivity index (χ0v) is 13.3. The van der Waals surface area contributed by atoms with Crippen LogP contribution in [0.5, 0.6) is 0 Å². The second-order valence-electron chi connectivity index (χ2n) is 5.49. The van der Waals surface area contributed by atoms with Gasteiger partial charge in [-0.2, -0.15) is 0 Å². The van der Waals surface area contributed by atoms with Gasteiger partial charge in [-0.05, 0) is 24.1 Å². The zero-order chi connectivity index (χ0) is 16.9. The van der Waals surface area contributed by atoms with E-state index in [9.17, 15) is 9.90 Å². The van der Waals surface area contributed by atoms with Gasteiger partial charge in [-0.25, -0.2) is 9.67 Å². The molecular weight excluding hydrogens is 304 g/mol. The molecule has 0 bridgehead atoms. The Kier molecular flexibility index (Phi) is 4.67. The lowest BCUT2D eigenvalue weighted by atomic mass is 10.1. The molecule has 0 unspecified atom stereocenters. The Hall–Kier alpha value is -2.99. The number of carbonyl (C=O) groups excluding carboxylic acids is 1. The minimum absolute atomic E-state index is 0.0681. The summed E-state index contributed by atoms with van der Waals surface area (Å²) in [7, 11) is 0. The molecule has 0 aliphatic heterocycles. The van der Waals surface area contributed by atoms with Gasteiger partial charge in [0.25, 0.3) is 5.91 Å². The second kappa shape index (κ2) is 7.06. The number of anilines is 1. The van der Waals surface area contributed by atoms with Gasteiger partial charge in [-0.3, -0.25) is 4.79 Å². The summed E-state index contributed by atoms with van der Waals surface area (Å²) in [5, 5.41) is 17.1. The van der Waals surface area contributed by atoms with E-state index in [4.69, 9.17) is 0 Å². The van der Waals surface area contributed by atoms with E-state index in [1.807, 2.05) is 61.5 Å². The van der Waals surface area contributed by atoms with Gasteiger partial charge in [0.1, 0.15) is 6.33 Å². The fourth-order valence-corrected chi connectivity index (χ4v) is 2.34. The summed E-state index contributed by atoms with van der Waals surface area (Å²) in [6.45, 7) is 2.15. The number of carbonyl (C=O) groups is 1. The number of aromatic nitrogens is 3. The number of benzene rings is 2. The van der Waals surface area contributed by atoms with Crippen LogP contribution in [0, 0.1) is 6.92 Å². The Morgan fingerprint density at radius 1 is 1.17 bits per heavy atom. The van der Waals surface area contributed by atoms with Crippen LogP contribution in [0.2, 0.25) is 0 Å². The Balaban J connectivity index is 1.67. The quantitative estimate of drug-likeness (QED) is 0.756. The third-order valence-electron chi connectivity index (χ3n) is 3.68. The normalized spacial score (nSPS) is 11.9. The van der Waals surface area contributed by atoms with E-state index in [1.54, 1.807) is 0 Å². The van der Waals surface area contributed by atoms with Crippen molar-refractivity contribution in [3.05, 3.63) is 77.9 Å². The zero-order valence-electron chi connectivity index (χ0n) is 13.3. The van der Waals surface area contributed by atoms with Crippen LogP contribution in [0.4, 0.5) is 5.69 Å². The third-order valence-corrected chi connectivity index (χ3v) is 3.68. The monoisotopic (exact) mass is 322 g/mol. The lowest BCUT2D eigenvalue weighted by Gasteiger charge is -2.10. The molecule has 2 N–H and O–H groups in total. The highest BCUT2D eigenvalue weighted by molar-refractivity contribution is 6.01. The van der Waals surface area contributed by atoms with Gasteiger partial charge in [0.2, 0.25) is 5.82 Å². The van der Waals surface area contributed by atoms with Crippen molar-refractivity contribution in [2.45, 2.75) is 19.6 Å². The molecule has 3 rings (SSSR count). The van der Waals surface area contributed by atoms with Gasteiger partial charge in [0.05, 0.1) is 12.6 Å². The van der Waals surface area contributed by atoms with Gasteiger partial charge in [-0.15, -0.1) is 5.10 Å². The summed E-state index contributed by atoms with van der Waals surface area (Å²) in [6, 6.07) is 16.8. The first-order valence-electron chi connectivity index (χ1n) is 7.63. The van der Waals surface area contributed by atoms with E-state index in [0.717, 1.165) is 16.8 Å². The Morgan fingerprint density at radius 3 is 2.62 bits per heavy atom. The highest BCUT2D eigenvalue weighted by Crippen LogP contribution is 2.15. The Bertz CT molecular complexity index is 830. The molecule has 6 nitrogen and oxygen atoms in total. The number of amides is 1. The molecule has 1 heterocycles. The molecule has 0 saturated carbocycles. The molecule has 1 amide bonds. The van der Waals surface area contributed by atoms with E-state index < -0.39 is 6.10 Å². The number of aliphatic hydroxyl groups excluding tert-OH is 1. The molecule has 122 valence electrons. The minimum atomic E-state index is -0.708. The number of aliphatic hydroxyl groups is 1. The summed E-state index contributed by atoms with van der Waals surface area (Å²) in [4.78, 5) is 16.2. The Morgan fingerprint density at radius 2 is 1.88 bits per heavy atom. The lowest BCUT2D eigenvalue weighted by molar-refractivity contribution is 0.101. The van der Waals surface area contributed by atoms with Crippen LogP contribution in [-0.4, -0.2) is 25.8 Å². The van der Waals surface area contributed by atoms with E-state index in [-0.39, 0.29) is 18.3 Å². The average Bonchev–Trinajstić information content (AvgIpc) is 3.06. The molecule has 1 atom stereocenters. The predicted molar refractivity (Wildman–Crippen MR) is 90.6 cm³/mol. The number of nitrogens with zero attached hydrogens (tertiary/aromatic N) is 3. The fourth-order valence-electron chi connectivity index (χ4n) is 2.34. The third kappa shape index (κ3) is 3.67. The molecule has 0 fully saturated rings. The minimum Gasteiger partial charge on any atom is -0.386 e. The summed E-state index contributed by atoms with van der Waals surface area (Å²) in [6.07, 6.45) is 0.735. The van der Waals surface area contributed by atoms with Crippen molar-refractivity contribution < 1.29 is 9.90 Å². The standard InChI is InChI=1S/C18H18N4O2/c1-13-7-5-6-10-15(13)20-18(24)17-19-12-22(21-17)11-16(23)14-8-3-2-4-9-14/h2-10,12,16,23H,11H2,1H3,(H,20,24)/t16-/m0/s1. The first-order chi connectivity index (χ1) is 11.6. The van der Waals surface area contributed by atoms with Gasteiger partial charge in [0, 0.05) is 5.69 Å². The largest absolute Gasteiger partial charge is 0.386 e. The Labute approximate surface area is 139 Å². The molecule has 2 aromatic carbocycles. The van der Waals surface area contributed by atoms with Crippen LogP contribution in [0.1, 0.15) is 27.8 Å². The molecule has 6 heteroatoms. The number of hydrogen-bond acceptors (Lipinski definition) is 4. The van der Waals surface area contributed by atoms with Crippen molar-refractivity contribution in [1.82, 2.24) is 14.8 Å². The smallest absolute Gasteiger partial charge is 0.295 e. The highest BCUT2D eigenvalue weighted by Gasteiger charge is 2.14. The van der Waals surface area contributed by atoms with Crippen molar-refractivity contribution in [2.75, 3.05) is 5.32 Å². The lowest BCUT2D eigenvalue weighted by Crippen LogP contribution is -2.16. The number of nitrogens with one attached hydrogen (secondary N) is 1.